The van der Waals surface area contributed by atoms with Crippen molar-refractivity contribution >= 4 is 11.9 Å². The standard InChI is InChI=1S/C21H31N7O2/c1-4-22-21(28-11-12-30-19(16-28)17-13-25-27(3)15-17)24-14-20(29)26(2)10-8-18-7-5-6-9-23-18/h5-7,9,13,15,19H,4,8,10-12,14,16H2,1-3H3,(H,22,24). The van der Waals surface area contributed by atoms with Crippen molar-refractivity contribution in [2.75, 3.05) is 46.4 Å². The van der Waals surface area contributed by atoms with Crippen LogP contribution in [0.3, 0.4) is 0 Å². The Labute approximate surface area is 177 Å². The van der Waals surface area contributed by atoms with E-state index in [1.54, 1.807) is 22.8 Å². The Morgan fingerprint density at radius 1 is 1.43 bits per heavy atom. The molecule has 30 heavy (non-hydrogen) atoms. The third-order valence-corrected chi connectivity index (χ3v) is 5.02. The smallest absolute Gasteiger partial charge is 0.244 e. The molecule has 1 N–H and O–H groups in total. The minimum absolute atomic E-state index is 0.0154. The van der Waals surface area contributed by atoms with Gasteiger partial charge in [0.1, 0.15) is 12.6 Å². The quantitative estimate of drug-likeness (QED) is 0.535. The lowest BCUT2D eigenvalue weighted by atomic mass is 10.1. The molecule has 1 saturated heterocycles. The molecule has 0 aromatic carbocycles. The van der Waals surface area contributed by atoms with E-state index in [9.17, 15) is 4.79 Å². The Kier molecular flexibility index (Phi) is 7.78. The summed E-state index contributed by atoms with van der Waals surface area (Å²) < 4.78 is 7.69. The zero-order valence-corrected chi connectivity index (χ0v) is 18.0. The van der Waals surface area contributed by atoms with Gasteiger partial charge in [0.15, 0.2) is 5.96 Å². The molecule has 1 fully saturated rings. The average molecular weight is 414 g/mol. The van der Waals surface area contributed by atoms with Crippen LogP contribution in [-0.2, 0) is 23.0 Å². The molecule has 3 rings (SSSR count). The summed E-state index contributed by atoms with van der Waals surface area (Å²) in [5.74, 6) is 0.722. The van der Waals surface area contributed by atoms with Crippen LogP contribution in [0.2, 0.25) is 0 Å². The van der Waals surface area contributed by atoms with E-state index >= 15 is 0 Å². The molecule has 2 aromatic heterocycles. The molecule has 1 amide bonds. The largest absolute Gasteiger partial charge is 0.370 e. The average Bonchev–Trinajstić information content (AvgIpc) is 3.22. The maximum atomic E-state index is 12.6. The second-order valence-corrected chi connectivity index (χ2v) is 7.31. The first kappa shape index (κ1) is 21.8. The zero-order chi connectivity index (χ0) is 21.3. The number of likely N-dealkylation sites (N-methyl/N-ethyl adjacent to an activating group) is 1. The molecule has 3 heterocycles. The molecule has 0 bridgehead atoms. The second kappa shape index (κ2) is 10.7. The Morgan fingerprint density at radius 2 is 2.30 bits per heavy atom. The number of guanidine groups is 1. The Bertz CT molecular complexity index is 837. The molecule has 0 radical (unpaired) electrons. The van der Waals surface area contributed by atoms with Gasteiger partial charge in [-0.2, -0.15) is 5.10 Å². The van der Waals surface area contributed by atoms with Gasteiger partial charge in [0, 0.05) is 63.8 Å². The molecule has 0 saturated carbocycles. The summed E-state index contributed by atoms with van der Waals surface area (Å²) >= 11 is 0. The molecule has 9 heteroatoms. The third kappa shape index (κ3) is 6.03. The maximum absolute atomic E-state index is 12.6. The van der Waals surface area contributed by atoms with Crippen LogP contribution >= 0.6 is 0 Å². The number of pyridine rings is 1. The van der Waals surface area contributed by atoms with E-state index in [0.717, 1.165) is 36.7 Å². The minimum Gasteiger partial charge on any atom is -0.370 e. The first-order valence-corrected chi connectivity index (χ1v) is 10.3. The van der Waals surface area contributed by atoms with Crippen molar-refractivity contribution in [3.63, 3.8) is 0 Å². The van der Waals surface area contributed by atoms with Crippen LogP contribution in [0.15, 0.2) is 41.8 Å². The molecule has 1 unspecified atom stereocenters. The summed E-state index contributed by atoms with van der Waals surface area (Å²) in [6, 6.07) is 5.81. The number of rotatable bonds is 7. The lowest BCUT2D eigenvalue weighted by Crippen LogP contribution is -2.48. The summed E-state index contributed by atoms with van der Waals surface area (Å²) in [6.45, 7) is 5.47. The maximum Gasteiger partial charge on any atom is 0.244 e. The topological polar surface area (TPSA) is 87.9 Å². The van der Waals surface area contributed by atoms with Gasteiger partial charge in [0.25, 0.3) is 0 Å². The molecular formula is C21H31N7O2. The van der Waals surface area contributed by atoms with Gasteiger partial charge in [-0.3, -0.25) is 14.5 Å². The van der Waals surface area contributed by atoms with Crippen molar-refractivity contribution in [3.8, 4) is 0 Å². The number of carbonyl (C=O) groups is 1. The number of hydrogen-bond acceptors (Lipinski definition) is 5. The van der Waals surface area contributed by atoms with E-state index in [4.69, 9.17) is 4.74 Å². The predicted octanol–water partition coefficient (Wildman–Crippen LogP) is 0.855. The number of aryl methyl sites for hydroxylation is 1. The van der Waals surface area contributed by atoms with E-state index in [1.165, 1.54) is 0 Å². The van der Waals surface area contributed by atoms with Gasteiger partial charge in [-0.15, -0.1) is 0 Å². The zero-order valence-electron chi connectivity index (χ0n) is 18.0. The molecule has 162 valence electrons. The van der Waals surface area contributed by atoms with Gasteiger partial charge in [-0.05, 0) is 19.1 Å². The van der Waals surface area contributed by atoms with Crippen molar-refractivity contribution in [3.05, 3.63) is 48.0 Å². The summed E-state index contributed by atoms with van der Waals surface area (Å²) in [5, 5.41) is 7.53. The van der Waals surface area contributed by atoms with Crippen LogP contribution in [0.25, 0.3) is 0 Å². The van der Waals surface area contributed by atoms with Crippen molar-refractivity contribution in [1.29, 1.82) is 0 Å². The van der Waals surface area contributed by atoms with Crippen LogP contribution in [-0.4, -0.2) is 82.8 Å². The van der Waals surface area contributed by atoms with Crippen LogP contribution in [0, 0.1) is 0 Å². The number of nitrogens with zero attached hydrogens (tertiary/aromatic N) is 6. The summed E-state index contributed by atoms with van der Waals surface area (Å²) in [7, 11) is 3.70. The highest BCUT2D eigenvalue weighted by atomic mass is 16.5. The SMILES string of the molecule is CCNC(=NCC(=O)N(C)CCc1ccccn1)N1CCOC(c2cnn(C)c2)C1. The number of aromatic nitrogens is 3. The number of aliphatic imine (C=N–C) groups is 1. The van der Waals surface area contributed by atoms with E-state index in [0.29, 0.717) is 19.7 Å². The lowest BCUT2D eigenvalue weighted by Gasteiger charge is -2.34. The minimum atomic E-state index is -0.0620. The molecule has 1 aliphatic heterocycles. The first-order chi connectivity index (χ1) is 14.6. The highest BCUT2D eigenvalue weighted by molar-refractivity contribution is 5.85. The van der Waals surface area contributed by atoms with E-state index in [1.807, 2.05) is 44.6 Å². The fraction of sp³-hybridized carbons (Fsp3) is 0.524. The number of amides is 1. The molecular weight excluding hydrogens is 382 g/mol. The van der Waals surface area contributed by atoms with Crippen molar-refractivity contribution in [1.82, 2.24) is 29.9 Å². The second-order valence-electron chi connectivity index (χ2n) is 7.31. The van der Waals surface area contributed by atoms with Crippen molar-refractivity contribution in [2.45, 2.75) is 19.4 Å². The number of hydrogen-bond donors (Lipinski definition) is 1. The molecule has 9 nitrogen and oxygen atoms in total. The van der Waals surface area contributed by atoms with E-state index in [2.05, 4.69) is 25.3 Å². The number of ether oxygens (including phenoxy) is 1. The highest BCUT2D eigenvalue weighted by Gasteiger charge is 2.25. The number of nitrogens with one attached hydrogen (secondary N) is 1. The fourth-order valence-electron chi connectivity index (χ4n) is 3.29. The number of morpholine rings is 1. The Morgan fingerprint density at radius 3 is 3.00 bits per heavy atom. The van der Waals surface area contributed by atoms with Gasteiger partial charge in [0.05, 0.1) is 19.3 Å². The summed E-state index contributed by atoms with van der Waals surface area (Å²) in [5.41, 5.74) is 2.02. The van der Waals surface area contributed by atoms with E-state index in [-0.39, 0.29) is 18.6 Å². The highest BCUT2D eigenvalue weighted by Crippen LogP contribution is 2.21. The van der Waals surface area contributed by atoms with Crippen LogP contribution in [0.1, 0.15) is 24.3 Å². The molecule has 2 aromatic rings. The third-order valence-electron chi connectivity index (χ3n) is 5.02. The summed E-state index contributed by atoms with van der Waals surface area (Å²) in [6.07, 6.45) is 6.23. The van der Waals surface area contributed by atoms with Gasteiger partial charge in [-0.25, -0.2) is 4.99 Å². The molecule has 0 aliphatic carbocycles. The normalized spacial score (nSPS) is 17.1. The Hall–Kier alpha value is -2.94. The van der Waals surface area contributed by atoms with Crippen LogP contribution < -0.4 is 5.32 Å². The van der Waals surface area contributed by atoms with Crippen molar-refractivity contribution < 1.29 is 9.53 Å². The van der Waals surface area contributed by atoms with Crippen LogP contribution in [0.5, 0.6) is 0 Å². The lowest BCUT2D eigenvalue weighted by molar-refractivity contribution is -0.128. The predicted molar refractivity (Wildman–Crippen MR) is 115 cm³/mol. The monoisotopic (exact) mass is 413 g/mol. The van der Waals surface area contributed by atoms with Gasteiger partial charge >= 0.3 is 0 Å². The first-order valence-electron chi connectivity index (χ1n) is 10.3. The Balaban J connectivity index is 1.57. The van der Waals surface area contributed by atoms with E-state index < -0.39 is 0 Å². The van der Waals surface area contributed by atoms with Crippen molar-refractivity contribution in [2.24, 2.45) is 12.0 Å². The molecule has 1 atom stereocenters. The molecule has 1 aliphatic rings. The summed E-state index contributed by atoms with van der Waals surface area (Å²) in [4.78, 5) is 25.3. The van der Waals surface area contributed by atoms with Gasteiger partial charge in [0.2, 0.25) is 5.91 Å². The van der Waals surface area contributed by atoms with Crippen LogP contribution in [0.4, 0.5) is 0 Å². The van der Waals surface area contributed by atoms with Gasteiger partial charge < -0.3 is 19.9 Å². The fourth-order valence-corrected chi connectivity index (χ4v) is 3.29. The molecule has 0 spiro atoms. The number of carbonyl (C=O) groups excluding carboxylic acids is 1. The van der Waals surface area contributed by atoms with Gasteiger partial charge in [-0.1, -0.05) is 6.07 Å².